The van der Waals surface area contributed by atoms with E-state index in [-0.39, 0.29) is 29.2 Å². The molecule has 0 unspecified atom stereocenters. The number of carbonyl (C=O) groups excluding carboxylic acids is 2. The van der Waals surface area contributed by atoms with Gasteiger partial charge in [-0.3, -0.25) is 9.59 Å². The highest BCUT2D eigenvalue weighted by atomic mass is 16.4. The molecule has 0 radical (unpaired) electrons. The largest absolute Gasteiger partial charge is 0.507 e. The summed E-state index contributed by atoms with van der Waals surface area (Å²) in [5, 5.41) is 10.7. The van der Waals surface area contributed by atoms with Crippen molar-refractivity contribution in [2.24, 2.45) is 0 Å². The molecule has 1 saturated heterocycles. The van der Waals surface area contributed by atoms with Crippen molar-refractivity contribution in [1.82, 2.24) is 4.90 Å². The molecular weight excluding hydrogens is 346 g/mol. The summed E-state index contributed by atoms with van der Waals surface area (Å²) in [6.45, 7) is 5.19. The highest BCUT2D eigenvalue weighted by Crippen LogP contribution is 2.32. The van der Waals surface area contributed by atoms with E-state index in [1.165, 1.54) is 0 Å². The Balaban J connectivity index is 1.99. The van der Waals surface area contributed by atoms with Gasteiger partial charge in [-0.05, 0) is 56.2 Å². The maximum Gasteiger partial charge on any atom is 0.339 e. The Hall–Kier alpha value is -2.63. The third-order valence-corrected chi connectivity index (χ3v) is 5.38. The fraction of sp³-hybridized carbons (Fsp3) is 0.476. The van der Waals surface area contributed by atoms with Crippen LogP contribution in [0.3, 0.4) is 0 Å². The molecule has 144 valence electrons. The molecule has 1 aromatic heterocycles. The van der Waals surface area contributed by atoms with E-state index in [9.17, 15) is 19.5 Å². The zero-order chi connectivity index (χ0) is 19.6. The van der Waals surface area contributed by atoms with Crippen molar-refractivity contribution in [2.45, 2.75) is 52.4 Å². The summed E-state index contributed by atoms with van der Waals surface area (Å²) in [5.41, 5.74) is 1.37. The Bertz CT molecular complexity index is 938. The van der Waals surface area contributed by atoms with Crippen LogP contribution in [0.4, 0.5) is 0 Å². The molecule has 0 saturated carbocycles. The van der Waals surface area contributed by atoms with Crippen LogP contribution in [-0.4, -0.2) is 35.3 Å². The van der Waals surface area contributed by atoms with E-state index < -0.39 is 5.63 Å². The van der Waals surface area contributed by atoms with E-state index in [0.29, 0.717) is 35.6 Å². The van der Waals surface area contributed by atoms with Crippen LogP contribution in [0.2, 0.25) is 0 Å². The molecule has 0 bridgehead atoms. The summed E-state index contributed by atoms with van der Waals surface area (Å²) in [4.78, 5) is 38.3. The number of likely N-dealkylation sites (tertiary alicyclic amines) is 1. The molecule has 0 atom stereocenters. The van der Waals surface area contributed by atoms with Gasteiger partial charge in [-0.15, -0.1) is 0 Å². The average Bonchev–Trinajstić information content (AvgIpc) is 2.68. The van der Waals surface area contributed by atoms with Crippen molar-refractivity contribution in [3.05, 3.63) is 38.7 Å². The van der Waals surface area contributed by atoms with Crippen LogP contribution in [0.1, 0.15) is 59.7 Å². The first kappa shape index (κ1) is 19.1. The van der Waals surface area contributed by atoms with Gasteiger partial charge >= 0.3 is 5.63 Å². The molecule has 1 fully saturated rings. The van der Waals surface area contributed by atoms with Gasteiger partial charge in [0.05, 0.1) is 5.56 Å². The standard InChI is InChI=1S/C21H25NO5/c1-3-14-15(7-8-18(24)22-9-5-4-6-10-22)21(26)27-20-16(14)11-13(2)19(25)17(20)12-23/h11-12,25H,3-10H2,1-2H3. The van der Waals surface area contributed by atoms with E-state index in [1.807, 2.05) is 11.8 Å². The van der Waals surface area contributed by atoms with E-state index in [0.717, 1.165) is 37.9 Å². The zero-order valence-corrected chi connectivity index (χ0v) is 15.8. The molecule has 6 nitrogen and oxygen atoms in total. The van der Waals surface area contributed by atoms with E-state index in [2.05, 4.69) is 0 Å². The van der Waals surface area contributed by atoms with Gasteiger partial charge in [0, 0.05) is 30.5 Å². The predicted molar refractivity (Wildman–Crippen MR) is 102 cm³/mol. The Morgan fingerprint density at radius 3 is 2.59 bits per heavy atom. The molecule has 1 N–H and O–H groups in total. The van der Waals surface area contributed by atoms with Gasteiger partial charge in [0.2, 0.25) is 5.91 Å². The average molecular weight is 371 g/mol. The van der Waals surface area contributed by atoms with Crippen LogP contribution in [-0.2, 0) is 17.6 Å². The minimum atomic E-state index is -0.544. The number of phenolic OH excluding ortho intramolecular Hbond substituents is 1. The summed E-state index contributed by atoms with van der Waals surface area (Å²) in [6.07, 6.45) is 4.87. The number of aryl methyl sites for hydroxylation is 2. The highest BCUT2D eigenvalue weighted by molar-refractivity contribution is 5.99. The van der Waals surface area contributed by atoms with Crippen molar-refractivity contribution in [3.63, 3.8) is 0 Å². The number of nitrogens with zero attached hydrogens (tertiary/aromatic N) is 1. The molecule has 1 aliphatic heterocycles. The van der Waals surface area contributed by atoms with E-state index in [1.54, 1.807) is 13.0 Å². The van der Waals surface area contributed by atoms with Gasteiger partial charge in [-0.2, -0.15) is 0 Å². The summed E-state index contributed by atoms with van der Waals surface area (Å²) in [7, 11) is 0. The summed E-state index contributed by atoms with van der Waals surface area (Å²) in [5.74, 6) is -0.109. The first-order valence-electron chi connectivity index (χ1n) is 9.52. The van der Waals surface area contributed by atoms with Crippen LogP contribution in [0.25, 0.3) is 11.0 Å². The Labute approximate surface area is 157 Å². The number of fused-ring (bicyclic) bond motifs is 1. The first-order valence-corrected chi connectivity index (χ1v) is 9.52. The fourth-order valence-corrected chi connectivity index (χ4v) is 3.89. The number of carbonyl (C=O) groups is 2. The SMILES string of the molecule is CCc1c(CCC(=O)N2CCCCC2)c(=O)oc2c(C=O)c(O)c(C)cc12. The second-order valence-electron chi connectivity index (χ2n) is 7.09. The van der Waals surface area contributed by atoms with Gasteiger partial charge in [-0.1, -0.05) is 6.92 Å². The maximum absolute atomic E-state index is 12.6. The second kappa shape index (κ2) is 7.94. The molecule has 0 aliphatic carbocycles. The summed E-state index contributed by atoms with van der Waals surface area (Å²) < 4.78 is 5.40. The van der Waals surface area contributed by atoms with Crippen LogP contribution >= 0.6 is 0 Å². The number of amides is 1. The highest BCUT2D eigenvalue weighted by Gasteiger charge is 2.21. The van der Waals surface area contributed by atoms with Gasteiger partial charge in [0.25, 0.3) is 0 Å². The Kier molecular flexibility index (Phi) is 5.63. The van der Waals surface area contributed by atoms with E-state index in [4.69, 9.17) is 4.42 Å². The van der Waals surface area contributed by atoms with Gasteiger partial charge in [-0.25, -0.2) is 4.79 Å². The minimum absolute atomic E-state index is 0.00672. The lowest BCUT2D eigenvalue weighted by Crippen LogP contribution is -2.36. The molecule has 6 heteroatoms. The number of hydrogen-bond donors (Lipinski definition) is 1. The smallest absolute Gasteiger partial charge is 0.339 e. The minimum Gasteiger partial charge on any atom is -0.507 e. The Morgan fingerprint density at radius 2 is 1.96 bits per heavy atom. The molecule has 0 spiro atoms. The number of piperidine rings is 1. The molecule has 2 aromatic rings. The van der Waals surface area contributed by atoms with E-state index >= 15 is 0 Å². The van der Waals surface area contributed by atoms with Gasteiger partial charge < -0.3 is 14.4 Å². The predicted octanol–water partition coefficient (Wildman–Crippen LogP) is 3.13. The number of aldehydes is 1. The van der Waals surface area contributed by atoms with Crippen molar-refractivity contribution < 1.29 is 19.1 Å². The summed E-state index contributed by atoms with van der Waals surface area (Å²) in [6, 6.07) is 1.73. The molecule has 1 amide bonds. The van der Waals surface area contributed by atoms with Crippen molar-refractivity contribution in [1.29, 1.82) is 0 Å². The van der Waals surface area contributed by atoms with Crippen LogP contribution in [0.5, 0.6) is 5.75 Å². The van der Waals surface area contributed by atoms with Gasteiger partial charge in [0.15, 0.2) is 11.9 Å². The van der Waals surface area contributed by atoms with Crippen LogP contribution in [0.15, 0.2) is 15.3 Å². The number of hydrogen-bond acceptors (Lipinski definition) is 5. The fourth-order valence-electron chi connectivity index (χ4n) is 3.89. The van der Waals surface area contributed by atoms with Crippen molar-refractivity contribution >= 4 is 23.2 Å². The number of rotatable bonds is 5. The molecule has 27 heavy (non-hydrogen) atoms. The molecule has 1 aromatic carbocycles. The monoisotopic (exact) mass is 371 g/mol. The molecule has 1 aliphatic rings. The normalized spacial score (nSPS) is 14.5. The Morgan fingerprint density at radius 1 is 1.26 bits per heavy atom. The lowest BCUT2D eigenvalue weighted by Gasteiger charge is -2.26. The number of aromatic hydroxyl groups is 1. The number of benzene rings is 1. The number of phenols is 1. The third kappa shape index (κ3) is 3.61. The molecule has 3 rings (SSSR count). The lowest BCUT2D eigenvalue weighted by molar-refractivity contribution is -0.132. The maximum atomic E-state index is 12.6. The van der Waals surface area contributed by atoms with Crippen molar-refractivity contribution in [2.75, 3.05) is 13.1 Å². The summed E-state index contributed by atoms with van der Waals surface area (Å²) >= 11 is 0. The lowest BCUT2D eigenvalue weighted by atomic mass is 9.95. The second-order valence-corrected chi connectivity index (χ2v) is 7.09. The van der Waals surface area contributed by atoms with Gasteiger partial charge in [0.1, 0.15) is 5.75 Å². The quantitative estimate of drug-likeness (QED) is 0.644. The molecule has 2 heterocycles. The third-order valence-electron chi connectivity index (χ3n) is 5.38. The molecular formula is C21H25NO5. The van der Waals surface area contributed by atoms with Crippen LogP contribution in [0, 0.1) is 6.92 Å². The van der Waals surface area contributed by atoms with Crippen molar-refractivity contribution in [3.8, 4) is 5.75 Å². The zero-order valence-electron chi connectivity index (χ0n) is 15.8. The van der Waals surface area contributed by atoms with Crippen LogP contribution < -0.4 is 5.63 Å². The topological polar surface area (TPSA) is 87.8 Å². The first-order chi connectivity index (χ1) is 13.0.